The van der Waals surface area contributed by atoms with E-state index in [1.807, 2.05) is 26.8 Å². The van der Waals surface area contributed by atoms with Gasteiger partial charge in [0.1, 0.15) is 4.83 Å². The first-order valence-electron chi connectivity index (χ1n) is 5.52. The summed E-state index contributed by atoms with van der Waals surface area (Å²) in [5, 5.41) is 0. The van der Waals surface area contributed by atoms with Crippen molar-refractivity contribution in [2.45, 2.75) is 38.1 Å². The van der Waals surface area contributed by atoms with Crippen LogP contribution in [-0.4, -0.2) is 16.9 Å². The van der Waals surface area contributed by atoms with Crippen molar-refractivity contribution in [1.82, 2.24) is 0 Å². The molecule has 0 saturated carbocycles. The molecule has 0 heterocycles. The average Bonchev–Trinajstić information content (AvgIpc) is 2.31. The number of esters is 1. The van der Waals surface area contributed by atoms with Crippen LogP contribution in [-0.2, 0) is 9.53 Å². The van der Waals surface area contributed by atoms with Gasteiger partial charge < -0.3 is 4.74 Å². The van der Waals surface area contributed by atoms with Crippen molar-refractivity contribution in [3.05, 3.63) is 24.3 Å². The van der Waals surface area contributed by atoms with E-state index < -0.39 is 6.10 Å². The fraction of sp³-hybridized carbons (Fsp3) is 0.500. The van der Waals surface area contributed by atoms with Gasteiger partial charge in [-0.1, -0.05) is 47.8 Å². The molecule has 0 N–H and O–H groups in total. The molecule has 2 unspecified atom stereocenters. The third-order valence-electron chi connectivity index (χ3n) is 2.22. The molecular formula is C14H19BrO2. The fourth-order valence-corrected chi connectivity index (χ4v) is 1.20. The number of hydrogen-bond acceptors (Lipinski definition) is 2. The number of halogens is 1. The van der Waals surface area contributed by atoms with Crippen molar-refractivity contribution in [2.24, 2.45) is 5.92 Å². The summed E-state index contributed by atoms with van der Waals surface area (Å²) >= 11 is 3.29. The lowest BCUT2D eigenvalue weighted by molar-refractivity contribution is -0.145. The van der Waals surface area contributed by atoms with Crippen molar-refractivity contribution in [1.29, 1.82) is 0 Å². The SMILES string of the molecule is C#CC(OC(=O)C(Br)C(C)C)C(C)=CCC=C. The molecule has 0 aliphatic carbocycles. The van der Waals surface area contributed by atoms with Crippen molar-refractivity contribution in [3.63, 3.8) is 0 Å². The maximum absolute atomic E-state index is 11.7. The first-order valence-corrected chi connectivity index (χ1v) is 6.43. The van der Waals surface area contributed by atoms with Gasteiger partial charge in [-0.15, -0.1) is 13.0 Å². The van der Waals surface area contributed by atoms with E-state index in [1.54, 1.807) is 6.08 Å². The molecular weight excluding hydrogens is 280 g/mol. The highest BCUT2D eigenvalue weighted by Crippen LogP contribution is 2.16. The zero-order valence-corrected chi connectivity index (χ0v) is 12.2. The van der Waals surface area contributed by atoms with Crippen LogP contribution >= 0.6 is 15.9 Å². The average molecular weight is 299 g/mol. The van der Waals surface area contributed by atoms with Gasteiger partial charge >= 0.3 is 5.97 Å². The number of allylic oxidation sites excluding steroid dienone is 2. The Morgan fingerprint density at radius 3 is 2.59 bits per heavy atom. The minimum absolute atomic E-state index is 0.165. The summed E-state index contributed by atoms with van der Waals surface area (Å²) in [7, 11) is 0. The molecule has 0 rings (SSSR count). The Hall–Kier alpha value is -1.01. The van der Waals surface area contributed by atoms with E-state index in [4.69, 9.17) is 11.2 Å². The molecule has 0 aromatic heterocycles. The number of hydrogen-bond donors (Lipinski definition) is 0. The van der Waals surface area contributed by atoms with Gasteiger partial charge in [0.25, 0.3) is 0 Å². The second kappa shape index (κ2) is 8.14. The van der Waals surface area contributed by atoms with Gasteiger partial charge in [-0.05, 0) is 24.8 Å². The van der Waals surface area contributed by atoms with Crippen molar-refractivity contribution in [3.8, 4) is 12.3 Å². The minimum atomic E-state index is -0.596. The van der Waals surface area contributed by atoms with E-state index in [9.17, 15) is 4.79 Å². The number of terminal acetylenes is 1. The van der Waals surface area contributed by atoms with Crippen LogP contribution in [0.25, 0.3) is 0 Å². The van der Waals surface area contributed by atoms with Gasteiger partial charge in [0, 0.05) is 0 Å². The molecule has 0 aliphatic rings. The largest absolute Gasteiger partial charge is 0.444 e. The predicted octanol–water partition coefficient (Wildman–Crippen LogP) is 3.47. The number of carbonyl (C=O) groups excluding carboxylic acids is 1. The molecule has 2 atom stereocenters. The summed E-state index contributed by atoms with van der Waals surface area (Å²) in [4.78, 5) is 11.4. The number of carbonyl (C=O) groups is 1. The summed E-state index contributed by atoms with van der Waals surface area (Å²) in [5.41, 5.74) is 0.851. The second-order valence-corrected chi connectivity index (χ2v) is 5.09. The molecule has 0 saturated heterocycles. The molecule has 0 aromatic carbocycles. The monoisotopic (exact) mass is 298 g/mol. The van der Waals surface area contributed by atoms with Gasteiger partial charge in [-0.2, -0.15) is 0 Å². The zero-order valence-electron chi connectivity index (χ0n) is 10.6. The Kier molecular flexibility index (Phi) is 7.65. The van der Waals surface area contributed by atoms with Crippen LogP contribution in [0.3, 0.4) is 0 Å². The van der Waals surface area contributed by atoms with Gasteiger partial charge in [0.15, 0.2) is 6.10 Å². The highest BCUT2D eigenvalue weighted by molar-refractivity contribution is 9.10. The quantitative estimate of drug-likeness (QED) is 0.325. The summed E-state index contributed by atoms with van der Waals surface area (Å²) < 4.78 is 5.26. The predicted molar refractivity (Wildman–Crippen MR) is 74.8 cm³/mol. The zero-order chi connectivity index (χ0) is 13.4. The van der Waals surface area contributed by atoms with E-state index in [1.165, 1.54) is 0 Å². The Morgan fingerprint density at radius 1 is 1.59 bits per heavy atom. The number of rotatable bonds is 6. The molecule has 3 heteroatoms. The lowest BCUT2D eigenvalue weighted by Gasteiger charge is -2.17. The van der Waals surface area contributed by atoms with E-state index >= 15 is 0 Å². The molecule has 0 amide bonds. The maximum atomic E-state index is 11.7. The Labute approximate surface area is 112 Å². The molecule has 0 radical (unpaired) electrons. The minimum Gasteiger partial charge on any atom is -0.444 e. The van der Waals surface area contributed by atoms with E-state index in [0.29, 0.717) is 6.42 Å². The molecule has 0 aromatic rings. The van der Waals surface area contributed by atoms with Gasteiger partial charge in [-0.25, -0.2) is 0 Å². The van der Waals surface area contributed by atoms with Crippen LogP contribution in [0.5, 0.6) is 0 Å². The van der Waals surface area contributed by atoms with Crippen LogP contribution in [0.2, 0.25) is 0 Å². The second-order valence-electron chi connectivity index (χ2n) is 4.10. The van der Waals surface area contributed by atoms with Gasteiger partial charge in [0.05, 0.1) is 0 Å². The molecule has 17 heavy (non-hydrogen) atoms. The third kappa shape index (κ3) is 5.74. The standard InChI is InChI=1S/C14H19BrO2/c1-6-8-9-11(5)12(7-2)17-14(16)13(15)10(3)4/h2,6,9-10,12-13H,1,8H2,3-5H3. The summed E-state index contributed by atoms with van der Waals surface area (Å²) in [5.74, 6) is 2.31. The topological polar surface area (TPSA) is 26.3 Å². The molecule has 0 bridgehead atoms. The van der Waals surface area contributed by atoms with E-state index in [-0.39, 0.29) is 16.7 Å². The molecule has 0 aliphatic heterocycles. The summed E-state index contributed by atoms with van der Waals surface area (Å²) in [6, 6.07) is 0. The molecule has 2 nitrogen and oxygen atoms in total. The van der Waals surface area contributed by atoms with Crippen molar-refractivity contribution >= 4 is 21.9 Å². The first kappa shape index (κ1) is 16.0. The van der Waals surface area contributed by atoms with Gasteiger partial charge in [-0.3, -0.25) is 4.79 Å². The number of ether oxygens (including phenoxy) is 1. The Bertz CT molecular complexity index is 337. The Balaban J connectivity index is 4.57. The molecule has 94 valence electrons. The maximum Gasteiger partial charge on any atom is 0.321 e. The molecule has 0 fully saturated rings. The van der Waals surface area contributed by atoms with E-state index in [0.717, 1.165) is 5.57 Å². The first-order chi connectivity index (χ1) is 7.93. The van der Waals surface area contributed by atoms with Gasteiger partial charge in [0.2, 0.25) is 0 Å². The van der Waals surface area contributed by atoms with Crippen molar-refractivity contribution in [2.75, 3.05) is 0 Å². The third-order valence-corrected chi connectivity index (χ3v) is 3.65. The fourth-order valence-electron chi connectivity index (χ4n) is 1.09. The van der Waals surface area contributed by atoms with E-state index in [2.05, 4.69) is 28.4 Å². The van der Waals surface area contributed by atoms with Crippen LogP contribution < -0.4 is 0 Å². The van der Waals surface area contributed by atoms with Crippen LogP contribution in [0, 0.1) is 18.3 Å². The molecule has 0 spiro atoms. The lowest BCUT2D eigenvalue weighted by Crippen LogP contribution is -2.27. The lowest BCUT2D eigenvalue weighted by atomic mass is 10.1. The smallest absolute Gasteiger partial charge is 0.321 e. The highest BCUT2D eigenvalue weighted by Gasteiger charge is 2.23. The van der Waals surface area contributed by atoms with Crippen molar-refractivity contribution < 1.29 is 9.53 Å². The van der Waals surface area contributed by atoms with Crippen LogP contribution in [0.4, 0.5) is 0 Å². The number of alkyl halides is 1. The summed E-state index contributed by atoms with van der Waals surface area (Å²) in [6.45, 7) is 9.34. The van der Waals surface area contributed by atoms with Crippen LogP contribution in [0.1, 0.15) is 27.2 Å². The van der Waals surface area contributed by atoms with Crippen LogP contribution in [0.15, 0.2) is 24.3 Å². The highest BCUT2D eigenvalue weighted by atomic mass is 79.9. The normalized spacial score (nSPS) is 14.9. The Morgan fingerprint density at radius 2 is 2.18 bits per heavy atom. The summed E-state index contributed by atoms with van der Waals surface area (Å²) in [6.07, 6.45) is 9.15.